The third kappa shape index (κ3) is 3.67. The van der Waals surface area contributed by atoms with Gasteiger partial charge in [-0.15, -0.1) is 0 Å². The fourth-order valence-corrected chi connectivity index (χ4v) is 3.41. The molecule has 140 valence electrons. The molecule has 7 nitrogen and oxygen atoms in total. The molecule has 0 aliphatic carbocycles. The zero-order chi connectivity index (χ0) is 18.7. The molecule has 0 spiro atoms. The van der Waals surface area contributed by atoms with Gasteiger partial charge < -0.3 is 20.1 Å². The molecule has 0 radical (unpaired) electrons. The maximum atomic E-state index is 12.9. The monoisotopic (exact) mass is 358 g/mol. The van der Waals surface area contributed by atoms with Gasteiger partial charge >= 0.3 is 0 Å². The van der Waals surface area contributed by atoms with Crippen LogP contribution in [0.3, 0.4) is 0 Å². The summed E-state index contributed by atoms with van der Waals surface area (Å²) in [6.07, 6.45) is 0.905. The first kappa shape index (κ1) is 18.3. The number of amides is 1. The summed E-state index contributed by atoms with van der Waals surface area (Å²) >= 11 is 0. The third-order valence-electron chi connectivity index (χ3n) is 4.63. The average molecular weight is 358 g/mol. The molecule has 1 saturated heterocycles. The number of methoxy groups -OCH3 is 1. The predicted octanol–water partition coefficient (Wildman–Crippen LogP) is 1.93. The Balaban J connectivity index is 1.72. The lowest BCUT2D eigenvalue weighted by molar-refractivity contribution is 0.0786. The number of hydrogen-bond acceptors (Lipinski definition) is 5. The lowest BCUT2D eigenvalue weighted by Crippen LogP contribution is -2.29. The summed E-state index contributed by atoms with van der Waals surface area (Å²) in [5.41, 5.74) is 8.20. The topological polar surface area (TPSA) is 82.6 Å². The Kier molecular flexibility index (Phi) is 5.46. The average Bonchev–Trinajstić information content (AvgIpc) is 3.25. The molecular formula is C19H26N4O3. The number of carbonyl (C=O) groups excluding carboxylic acids is 1. The van der Waals surface area contributed by atoms with Gasteiger partial charge in [0.05, 0.1) is 18.8 Å². The maximum Gasteiger partial charge on any atom is 0.254 e. The van der Waals surface area contributed by atoms with Crippen molar-refractivity contribution >= 4 is 5.91 Å². The van der Waals surface area contributed by atoms with E-state index in [1.165, 1.54) is 0 Å². The highest BCUT2D eigenvalue weighted by Gasteiger charge is 2.29. The van der Waals surface area contributed by atoms with E-state index in [9.17, 15) is 4.79 Å². The number of hydrogen-bond donors (Lipinski definition) is 1. The van der Waals surface area contributed by atoms with Crippen LogP contribution in [0.1, 0.15) is 34.2 Å². The first-order valence-corrected chi connectivity index (χ1v) is 8.86. The van der Waals surface area contributed by atoms with Crippen molar-refractivity contribution in [1.29, 1.82) is 0 Å². The number of carbonyl (C=O) groups is 1. The summed E-state index contributed by atoms with van der Waals surface area (Å²) < 4.78 is 12.9. The van der Waals surface area contributed by atoms with Crippen LogP contribution in [0.5, 0.6) is 11.5 Å². The van der Waals surface area contributed by atoms with E-state index in [2.05, 4.69) is 18.1 Å². The number of aromatic nitrogens is 2. The van der Waals surface area contributed by atoms with Crippen LogP contribution >= 0.6 is 0 Å². The van der Waals surface area contributed by atoms with Gasteiger partial charge in [0.2, 0.25) is 0 Å². The molecule has 1 aromatic carbocycles. The fraction of sp³-hybridized carbons (Fsp3) is 0.474. The number of benzene rings is 1. The highest BCUT2D eigenvalue weighted by atomic mass is 16.5. The largest absolute Gasteiger partial charge is 0.493 e. The Hall–Kier alpha value is -2.54. The summed E-state index contributed by atoms with van der Waals surface area (Å²) in [5, 5.41) is 4.56. The van der Waals surface area contributed by atoms with E-state index in [4.69, 9.17) is 15.2 Å². The van der Waals surface area contributed by atoms with E-state index in [0.29, 0.717) is 36.8 Å². The number of aryl methyl sites for hydroxylation is 2. The second kappa shape index (κ2) is 7.78. The molecule has 3 rings (SSSR count). The molecule has 1 atom stereocenters. The van der Waals surface area contributed by atoms with E-state index in [1.807, 2.05) is 16.5 Å². The number of nitrogens with zero attached hydrogens (tertiary/aromatic N) is 3. The van der Waals surface area contributed by atoms with Gasteiger partial charge in [-0.3, -0.25) is 9.48 Å². The quantitative estimate of drug-likeness (QED) is 0.853. The third-order valence-corrected chi connectivity index (χ3v) is 4.63. The van der Waals surface area contributed by atoms with Gasteiger partial charge in [0.1, 0.15) is 6.61 Å². The maximum absolute atomic E-state index is 12.9. The second-order valence-electron chi connectivity index (χ2n) is 6.57. The van der Waals surface area contributed by atoms with Gasteiger partial charge in [0.25, 0.3) is 5.91 Å². The lowest BCUT2D eigenvalue weighted by atomic mass is 10.1. The Morgan fingerprint density at radius 2 is 2.12 bits per heavy atom. The van der Waals surface area contributed by atoms with Crippen LogP contribution in [0, 0.1) is 13.8 Å². The van der Waals surface area contributed by atoms with Crippen LogP contribution in [0.4, 0.5) is 0 Å². The van der Waals surface area contributed by atoms with E-state index >= 15 is 0 Å². The molecule has 7 heteroatoms. The summed E-state index contributed by atoms with van der Waals surface area (Å²) in [5.74, 6) is 1.13. The minimum absolute atomic E-state index is 0.00212. The Bertz CT molecular complexity index is 787. The zero-order valence-corrected chi connectivity index (χ0v) is 15.6. The van der Waals surface area contributed by atoms with Crippen molar-refractivity contribution < 1.29 is 14.3 Å². The molecule has 1 amide bonds. The van der Waals surface area contributed by atoms with Crippen molar-refractivity contribution in [1.82, 2.24) is 14.7 Å². The van der Waals surface area contributed by atoms with Gasteiger partial charge in [0, 0.05) is 30.9 Å². The first-order valence-electron chi connectivity index (χ1n) is 8.86. The first-order chi connectivity index (χ1) is 12.5. The standard InChI is InChI=1S/C19H26N4O3/c1-13-10-14(2)23(21-13)16-6-8-22(12-16)19(24)15-4-5-17(26-9-7-20)18(11-15)25-3/h4-5,10-11,16H,6-9,12,20H2,1-3H3/t16-/m0/s1. The normalized spacial score (nSPS) is 16.8. The number of rotatable bonds is 6. The summed E-state index contributed by atoms with van der Waals surface area (Å²) in [6, 6.07) is 7.55. The van der Waals surface area contributed by atoms with Crippen LogP contribution in [0.25, 0.3) is 0 Å². The molecule has 0 saturated carbocycles. The summed E-state index contributed by atoms with van der Waals surface area (Å²) in [6.45, 7) is 6.24. The van der Waals surface area contributed by atoms with Gasteiger partial charge in [0.15, 0.2) is 11.5 Å². The van der Waals surface area contributed by atoms with Crippen LogP contribution in [-0.4, -0.2) is 53.9 Å². The summed E-state index contributed by atoms with van der Waals surface area (Å²) in [7, 11) is 1.56. The van der Waals surface area contributed by atoms with Crippen LogP contribution in [0.2, 0.25) is 0 Å². The molecule has 1 aliphatic heterocycles. The van der Waals surface area contributed by atoms with Crippen molar-refractivity contribution in [3.8, 4) is 11.5 Å². The number of likely N-dealkylation sites (tertiary alicyclic amines) is 1. The van der Waals surface area contributed by atoms with Gasteiger partial charge in [-0.2, -0.15) is 5.10 Å². The minimum Gasteiger partial charge on any atom is -0.493 e. The molecule has 2 heterocycles. The summed E-state index contributed by atoms with van der Waals surface area (Å²) in [4.78, 5) is 14.8. The fourth-order valence-electron chi connectivity index (χ4n) is 3.41. The smallest absolute Gasteiger partial charge is 0.254 e. The number of nitrogens with two attached hydrogens (primary N) is 1. The molecule has 26 heavy (non-hydrogen) atoms. The number of ether oxygens (including phenoxy) is 2. The van der Waals surface area contributed by atoms with Crippen molar-refractivity contribution in [2.75, 3.05) is 33.4 Å². The zero-order valence-electron chi connectivity index (χ0n) is 15.6. The molecule has 1 aliphatic rings. The van der Waals surface area contributed by atoms with Crippen LogP contribution < -0.4 is 15.2 Å². The van der Waals surface area contributed by atoms with Crippen LogP contribution in [-0.2, 0) is 0 Å². The van der Waals surface area contributed by atoms with Crippen molar-refractivity contribution in [3.63, 3.8) is 0 Å². The van der Waals surface area contributed by atoms with Gasteiger partial charge in [-0.25, -0.2) is 0 Å². The van der Waals surface area contributed by atoms with E-state index in [-0.39, 0.29) is 11.9 Å². The molecule has 1 fully saturated rings. The minimum atomic E-state index is -0.00212. The van der Waals surface area contributed by atoms with E-state index < -0.39 is 0 Å². The molecule has 2 N–H and O–H groups in total. The van der Waals surface area contributed by atoms with Gasteiger partial charge in [-0.1, -0.05) is 0 Å². The van der Waals surface area contributed by atoms with Crippen molar-refractivity contribution in [2.24, 2.45) is 5.73 Å². The lowest BCUT2D eigenvalue weighted by Gasteiger charge is -2.18. The molecular weight excluding hydrogens is 332 g/mol. The Labute approximate surface area is 153 Å². The Morgan fingerprint density at radius 3 is 2.77 bits per heavy atom. The van der Waals surface area contributed by atoms with E-state index in [0.717, 1.165) is 24.4 Å². The second-order valence-corrected chi connectivity index (χ2v) is 6.57. The molecule has 1 aromatic heterocycles. The highest BCUT2D eigenvalue weighted by Crippen LogP contribution is 2.30. The SMILES string of the molecule is COc1cc(C(=O)N2CC[C@H](n3nc(C)cc3C)C2)ccc1OCCN. The molecule has 2 aromatic rings. The highest BCUT2D eigenvalue weighted by molar-refractivity contribution is 5.95. The van der Waals surface area contributed by atoms with Gasteiger partial charge in [-0.05, 0) is 44.5 Å². The van der Waals surface area contributed by atoms with E-state index in [1.54, 1.807) is 25.3 Å². The molecule has 0 bridgehead atoms. The van der Waals surface area contributed by atoms with Crippen molar-refractivity contribution in [3.05, 3.63) is 41.2 Å². The predicted molar refractivity (Wildman–Crippen MR) is 98.8 cm³/mol. The van der Waals surface area contributed by atoms with Crippen molar-refractivity contribution in [2.45, 2.75) is 26.3 Å². The molecule has 0 unspecified atom stereocenters. The Morgan fingerprint density at radius 1 is 1.31 bits per heavy atom. The van der Waals surface area contributed by atoms with Crippen LogP contribution in [0.15, 0.2) is 24.3 Å².